The van der Waals surface area contributed by atoms with Gasteiger partial charge in [-0.05, 0) is 30.0 Å². The number of hydrogen-bond acceptors (Lipinski definition) is 1. The second kappa shape index (κ2) is 4.05. The zero-order valence-corrected chi connectivity index (χ0v) is 9.42. The van der Waals surface area contributed by atoms with Gasteiger partial charge in [-0.1, -0.05) is 26.0 Å². The second-order valence-corrected chi connectivity index (χ2v) is 3.97. The molecular weight excluding hydrogens is 186 g/mol. The van der Waals surface area contributed by atoms with E-state index in [1.165, 1.54) is 11.1 Å². The minimum Gasteiger partial charge on any atom is -0.312 e. The van der Waals surface area contributed by atoms with Gasteiger partial charge in [0.15, 0.2) is 0 Å². The molecule has 80 valence electrons. The van der Waals surface area contributed by atoms with Gasteiger partial charge in [-0.25, -0.2) is 0 Å². The largest absolute Gasteiger partial charge is 0.312 e. The molecule has 0 radical (unpaired) electrons. The summed E-state index contributed by atoms with van der Waals surface area (Å²) >= 11 is 0. The normalized spacial score (nSPS) is 14.1. The average Bonchev–Trinajstić information content (AvgIpc) is 2.70. The molecule has 1 heterocycles. The van der Waals surface area contributed by atoms with Crippen molar-refractivity contribution in [3.8, 4) is 0 Å². The van der Waals surface area contributed by atoms with Crippen molar-refractivity contribution in [1.29, 1.82) is 0 Å². The predicted molar refractivity (Wildman–Crippen MR) is 62.2 cm³/mol. The summed E-state index contributed by atoms with van der Waals surface area (Å²) in [6.07, 6.45) is 2.67. The van der Waals surface area contributed by atoms with Crippen LogP contribution >= 0.6 is 0 Å². The highest BCUT2D eigenvalue weighted by Gasteiger charge is 2.23. The summed E-state index contributed by atoms with van der Waals surface area (Å²) in [6, 6.07) is 6.45. The van der Waals surface area contributed by atoms with Crippen LogP contribution < -0.4 is 4.90 Å². The van der Waals surface area contributed by atoms with Crippen molar-refractivity contribution in [3.05, 3.63) is 29.3 Å². The number of fused-ring (bicyclic) bond motifs is 1. The molecule has 2 nitrogen and oxygen atoms in total. The molecule has 2 heteroatoms. The fourth-order valence-electron chi connectivity index (χ4n) is 2.12. The average molecular weight is 203 g/mol. The van der Waals surface area contributed by atoms with E-state index in [4.69, 9.17) is 0 Å². The van der Waals surface area contributed by atoms with Gasteiger partial charge in [0.05, 0.1) is 0 Å². The Bertz CT molecular complexity index is 384. The SMILES string of the molecule is CCC(=O)N1CCc2cc(CC)ccc21. The van der Waals surface area contributed by atoms with Crippen molar-refractivity contribution in [2.75, 3.05) is 11.4 Å². The Balaban J connectivity index is 2.32. The van der Waals surface area contributed by atoms with Gasteiger partial charge in [0, 0.05) is 18.7 Å². The number of benzene rings is 1. The van der Waals surface area contributed by atoms with Crippen LogP contribution in [-0.4, -0.2) is 12.5 Å². The second-order valence-electron chi connectivity index (χ2n) is 3.97. The standard InChI is InChI=1S/C13H17NO/c1-3-10-5-6-12-11(9-10)7-8-14(12)13(15)4-2/h5-6,9H,3-4,7-8H2,1-2H3. The van der Waals surface area contributed by atoms with Gasteiger partial charge in [0.25, 0.3) is 0 Å². The monoisotopic (exact) mass is 203 g/mol. The third-order valence-corrected chi connectivity index (χ3v) is 3.05. The Kier molecular flexibility index (Phi) is 2.76. The molecule has 2 rings (SSSR count). The van der Waals surface area contributed by atoms with Crippen LogP contribution in [0.1, 0.15) is 31.4 Å². The minimum atomic E-state index is 0.234. The van der Waals surface area contributed by atoms with Crippen molar-refractivity contribution in [1.82, 2.24) is 0 Å². The zero-order valence-electron chi connectivity index (χ0n) is 9.42. The molecule has 1 aliphatic rings. The topological polar surface area (TPSA) is 20.3 Å². The van der Waals surface area contributed by atoms with E-state index in [-0.39, 0.29) is 5.91 Å². The van der Waals surface area contributed by atoms with Crippen LogP contribution in [0, 0.1) is 0 Å². The highest BCUT2D eigenvalue weighted by atomic mass is 16.2. The van der Waals surface area contributed by atoms with Crippen LogP contribution in [0.4, 0.5) is 5.69 Å². The molecule has 1 aliphatic heterocycles. The number of carbonyl (C=O) groups is 1. The Hall–Kier alpha value is -1.31. The lowest BCUT2D eigenvalue weighted by Gasteiger charge is -2.16. The van der Waals surface area contributed by atoms with E-state index >= 15 is 0 Å². The fourth-order valence-corrected chi connectivity index (χ4v) is 2.12. The number of rotatable bonds is 2. The van der Waals surface area contributed by atoms with E-state index in [0.29, 0.717) is 6.42 Å². The van der Waals surface area contributed by atoms with Gasteiger partial charge in [-0.3, -0.25) is 4.79 Å². The Morgan fingerprint density at radius 3 is 2.87 bits per heavy atom. The van der Waals surface area contributed by atoms with Gasteiger partial charge in [-0.2, -0.15) is 0 Å². The van der Waals surface area contributed by atoms with Crippen molar-refractivity contribution < 1.29 is 4.79 Å². The molecule has 1 amide bonds. The van der Waals surface area contributed by atoms with Crippen LogP contribution in [0.3, 0.4) is 0 Å². The van der Waals surface area contributed by atoms with Crippen LogP contribution in [0.2, 0.25) is 0 Å². The van der Waals surface area contributed by atoms with Gasteiger partial charge in [0.1, 0.15) is 0 Å². The van der Waals surface area contributed by atoms with E-state index in [0.717, 1.165) is 25.1 Å². The van der Waals surface area contributed by atoms with Crippen LogP contribution in [0.15, 0.2) is 18.2 Å². The number of carbonyl (C=O) groups excluding carboxylic acids is 1. The first-order valence-electron chi connectivity index (χ1n) is 5.68. The Morgan fingerprint density at radius 2 is 2.20 bits per heavy atom. The summed E-state index contributed by atoms with van der Waals surface area (Å²) in [7, 11) is 0. The van der Waals surface area contributed by atoms with E-state index < -0.39 is 0 Å². The smallest absolute Gasteiger partial charge is 0.226 e. The lowest BCUT2D eigenvalue weighted by molar-refractivity contribution is -0.118. The van der Waals surface area contributed by atoms with Gasteiger partial charge < -0.3 is 4.90 Å². The molecule has 1 aromatic rings. The molecule has 1 aromatic carbocycles. The molecule has 0 saturated carbocycles. The summed E-state index contributed by atoms with van der Waals surface area (Å²) < 4.78 is 0. The maximum atomic E-state index is 11.7. The lowest BCUT2D eigenvalue weighted by Crippen LogP contribution is -2.27. The third-order valence-electron chi connectivity index (χ3n) is 3.05. The highest BCUT2D eigenvalue weighted by Crippen LogP contribution is 2.29. The summed E-state index contributed by atoms with van der Waals surface area (Å²) in [5.74, 6) is 0.234. The maximum Gasteiger partial charge on any atom is 0.226 e. The Morgan fingerprint density at radius 1 is 1.40 bits per heavy atom. The van der Waals surface area contributed by atoms with E-state index in [9.17, 15) is 4.79 Å². The molecule has 0 atom stereocenters. The van der Waals surface area contributed by atoms with Gasteiger partial charge in [0.2, 0.25) is 5.91 Å². The van der Waals surface area contributed by atoms with Crippen LogP contribution in [-0.2, 0) is 17.6 Å². The van der Waals surface area contributed by atoms with Crippen molar-refractivity contribution >= 4 is 11.6 Å². The molecule has 0 fully saturated rings. The van der Waals surface area contributed by atoms with Crippen molar-refractivity contribution in [3.63, 3.8) is 0 Å². The molecule has 0 N–H and O–H groups in total. The summed E-state index contributed by atoms with van der Waals surface area (Å²) in [5.41, 5.74) is 3.81. The molecule has 15 heavy (non-hydrogen) atoms. The van der Waals surface area contributed by atoms with E-state index in [2.05, 4.69) is 25.1 Å². The van der Waals surface area contributed by atoms with Gasteiger partial charge in [-0.15, -0.1) is 0 Å². The first kappa shape index (κ1) is 10.2. The number of anilines is 1. The van der Waals surface area contributed by atoms with Gasteiger partial charge >= 0.3 is 0 Å². The summed E-state index contributed by atoms with van der Waals surface area (Å²) in [6.45, 7) is 4.93. The molecule has 0 saturated heterocycles. The quantitative estimate of drug-likeness (QED) is 0.723. The molecule has 0 aromatic heterocycles. The first-order chi connectivity index (χ1) is 7.26. The van der Waals surface area contributed by atoms with E-state index in [1.807, 2.05) is 11.8 Å². The Labute approximate surface area is 90.9 Å². The lowest BCUT2D eigenvalue weighted by atomic mass is 10.1. The molecule has 0 bridgehead atoms. The number of nitrogens with zero attached hydrogens (tertiary/aromatic N) is 1. The number of hydrogen-bond donors (Lipinski definition) is 0. The fraction of sp³-hybridized carbons (Fsp3) is 0.462. The summed E-state index contributed by atoms with van der Waals surface area (Å²) in [4.78, 5) is 13.6. The minimum absolute atomic E-state index is 0.234. The third kappa shape index (κ3) is 1.76. The predicted octanol–water partition coefficient (Wildman–Crippen LogP) is 2.55. The molecule has 0 spiro atoms. The maximum absolute atomic E-state index is 11.7. The zero-order chi connectivity index (χ0) is 10.8. The molecule has 0 aliphatic carbocycles. The summed E-state index contributed by atoms with van der Waals surface area (Å²) in [5, 5.41) is 0. The van der Waals surface area contributed by atoms with Crippen molar-refractivity contribution in [2.45, 2.75) is 33.1 Å². The molecule has 0 unspecified atom stereocenters. The first-order valence-corrected chi connectivity index (χ1v) is 5.68. The van der Waals surface area contributed by atoms with Crippen LogP contribution in [0.5, 0.6) is 0 Å². The highest BCUT2D eigenvalue weighted by molar-refractivity contribution is 5.95. The van der Waals surface area contributed by atoms with Crippen molar-refractivity contribution in [2.24, 2.45) is 0 Å². The number of amides is 1. The van der Waals surface area contributed by atoms with E-state index in [1.54, 1.807) is 0 Å². The van der Waals surface area contributed by atoms with Crippen LogP contribution in [0.25, 0.3) is 0 Å². The molecular formula is C13H17NO. The number of aryl methyl sites for hydroxylation is 1.